The molecule has 1 N–H and O–H groups in total. The summed E-state index contributed by atoms with van der Waals surface area (Å²) < 4.78 is 2.07. The van der Waals surface area contributed by atoms with Crippen LogP contribution in [0.1, 0.15) is 51.4 Å². The molecule has 3 rings (SSSR count). The molecular formula is C17H30N4. The van der Waals surface area contributed by atoms with Gasteiger partial charge in [0.05, 0.1) is 11.4 Å². The molecule has 1 aliphatic carbocycles. The van der Waals surface area contributed by atoms with Gasteiger partial charge in [0.2, 0.25) is 0 Å². The van der Waals surface area contributed by atoms with Gasteiger partial charge in [0.25, 0.3) is 0 Å². The van der Waals surface area contributed by atoms with Crippen LogP contribution < -0.4 is 5.32 Å². The lowest BCUT2D eigenvalue weighted by molar-refractivity contribution is 0.0350. The summed E-state index contributed by atoms with van der Waals surface area (Å²) in [6.07, 6.45) is 5.04. The molecule has 0 amide bonds. The van der Waals surface area contributed by atoms with Crippen molar-refractivity contribution < 1.29 is 0 Å². The van der Waals surface area contributed by atoms with Crippen LogP contribution in [0.25, 0.3) is 0 Å². The molecule has 2 atom stereocenters. The Labute approximate surface area is 128 Å². The monoisotopic (exact) mass is 290 g/mol. The highest BCUT2D eigenvalue weighted by Crippen LogP contribution is 2.36. The highest BCUT2D eigenvalue weighted by molar-refractivity contribution is 5.12. The van der Waals surface area contributed by atoms with E-state index in [2.05, 4.69) is 53.9 Å². The van der Waals surface area contributed by atoms with Crippen molar-refractivity contribution in [3.8, 4) is 0 Å². The molecule has 0 aromatic carbocycles. The van der Waals surface area contributed by atoms with Crippen molar-refractivity contribution in [2.75, 3.05) is 13.1 Å². The molecule has 2 aliphatic rings. The van der Waals surface area contributed by atoms with Gasteiger partial charge in [-0.25, -0.2) is 0 Å². The van der Waals surface area contributed by atoms with E-state index in [9.17, 15) is 0 Å². The van der Waals surface area contributed by atoms with Gasteiger partial charge in [0, 0.05) is 38.3 Å². The Bertz CT molecular complexity index is 491. The fraction of sp³-hybridized carbons (Fsp3) is 0.824. The summed E-state index contributed by atoms with van der Waals surface area (Å²) >= 11 is 0. The van der Waals surface area contributed by atoms with Gasteiger partial charge in [-0.3, -0.25) is 9.58 Å². The summed E-state index contributed by atoms with van der Waals surface area (Å²) in [4.78, 5) is 2.70. The van der Waals surface area contributed by atoms with Crippen LogP contribution in [0.3, 0.4) is 0 Å². The molecule has 1 aliphatic heterocycles. The molecule has 1 saturated heterocycles. The first-order valence-electron chi connectivity index (χ1n) is 8.56. The van der Waals surface area contributed by atoms with Crippen LogP contribution in [0.5, 0.6) is 0 Å². The second-order valence-electron chi connectivity index (χ2n) is 7.16. The summed E-state index contributed by atoms with van der Waals surface area (Å²) in [7, 11) is 2.08. The second kappa shape index (κ2) is 5.73. The van der Waals surface area contributed by atoms with E-state index in [1.54, 1.807) is 0 Å². The molecule has 0 bridgehead atoms. The molecule has 2 unspecified atom stereocenters. The van der Waals surface area contributed by atoms with Gasteiger partial charge in [0.1, 0.15) is 0 Å². The van der Waals surface area contributed by atoms with Gasteiger partial charge in [-0.2, -0.15) is 5.10 Å². The number of piperazine rings is 1. The average Bonchev–Trinajstić information content (AvgIpc) is 3.26. The van der Waals surface area contributed by atoms with Gasteiger partial charge >= 0.3 is 0 Å². The Balaban J connectivity index is 1.76. The maximum Gasteiger partial charge on any atom is 0.0625 e. The molecule has 0 radical (unpaired) electrons. The molecule has 1 aromatic rings. The van der Waals surface area contributed by atoms with E-state index in [0.717, 1.165) is 25.4 Å². The van der Waals surface area contributed by atoms with Crippen molar-refractivity contribution in [1.82, 2.24) is 20.0 Å². The number of nitrogens with zero attached hydrogens (tertiary/aromatic N) is 3. The molecule has 2 heterocycles. The van der Waals surface area contributed by atoms with E-state index in [1.165, 1.54) is 37.2 Å². The summed E-state index contributed by atoms with van der Waals surface area (Å²) in [6.45, 7) is 10.2. The van der Waals surface area contributed by atoms with Crippen molar-refractivity contribution in [2.45, 2.75) is 64.6 Å². The third-order valence-electron chi connectivity index (χ3n) is 5.62. The molecular weight excluding hydrogens is 260 g/mol. The summed E-state index contributed by atoms with van der Waals surface area (Å²) in [5, 5.41) is 8.41. The first-order valence-corrected chi connectivity index (χ1v) is 8.56. The van der Waals surface area contributed by atoms with Crippen LogP contribution in [-0.4, -0.2) is 39.4 Å². The lowest BCUT2D eigenvalue weighted by Gasteiger charge is -2.48. The minimum Gasteiger partial charge on any atom is -0.311 e. The van der Waals surface area contributed by atoms with Crippen LogP contribution in [0.15, 0.2) is 6.07 Å². The van der Waals surface area contributed by atoms with Crippen molar-refractivity contribution >= 4 is 0 Å². The van der Waals surface area contributed by atoms with Crippen LogP contribution in [0, 0.1) is 5.92 Å². The van der Waals surface area contributed by atoms with E-state index >= 15 is 0 Å². The van der Waals surface area contributed by atoms with E-state index < -0.39 is 0 Å². The Morgan fingerprint density at radius 3 is 2.71 bits per heavy atom. The van der Waals surface area contributed by atoms with Crippen LogP contribution in [-0.2, 0) is 20.0 Å². The zero-order valence-corrected chi connectivity index (χ0v) is 14.0. The zero-order valence-electron chi connectivity index (χ0n) is 14.0. The Hall–Kier alpha value is -0.870. The number of rotatable bonds is 5. The number of aryl methyl sites for hydroxylation is 2. The lowest BCUT2D eigenvalue weighted by Crippen LogP contribution is -2.63. The number of hydrogen-bond donors (Lipinski definition) is 1. The molecule has 21 heavy (non-hydrogen) atoms. The summed E-state index contributed by atoms with van der Waals surface area (Å²) in [6, 6.07) is 2.98. The van der Waals surface area contributed by atoms with Gasteiger partial charge in [-0.05, 0) is 44.6 Å². The minimum absolute atomic E-state index is 0.266. The largest absolute Gasteiger partial charge is 0.311 e. The molecule has 1 saturated carbocycles. The lowest BCUT2D eigenvalue weighted by atomic mass is 9.91. The normalized spacial score (nSPS) is 30.8. The predicted octanol–water partition coefficient (Wildman–Crippen LogP) is 2.33. The molecule has 0 spiro atoms. The fourth-order valence-electron chi connectivity index (χ4n) is 3.49. The smallest absolute Gasteiger partial charge is 0.0625 e. The number of hydrogen-bond acceptors (Lipinski definition) is 3. The van der Waals surface area contributed by atoms with Crippen LogP contribution in [0.4, 0.5) is 0 Å². The number of aromatic nitrogens is 2. The van der Waals surface area contributed by atoms with Crippen molar-refractivity contribution in [2.24, 2.45) is 13.0 Å². The van der Waals surface area contributed by atoms with Crippen LogP contribution >= 0.6 is 0 Å². The van der Waals surface area contributed by atoms with Crippen molar-refractivity contribution in [1.29, 1.82) is 0 Å². The van der Waals surface area contributed by atoms with Gasteiger partial charge < -0.3 is 5.32 Å². The third-order valence-corrected chi connectivity index (χ3v) is 5.62. The van der Waals surface area contributed by atoms with E-state index in [1.807, 2.05) is 0 Å². The summed E-state index contributed by atoms with van der Waals surface area (Å²) in [5.41, 5.74) is 2.82. The van der Waals surface area contributed by atoms with Gasteiger partial charge in [-0.1, -0.05) is 13.8 Å². The highest BCUT2D eigenvalue weighted by atomic mass is 15.3. The topological polar surface area (TPSA) is 33.1 Å². The van der Waals surface area contributed by atoms with Crippen molar-refractivity contribution in [3.05, 3.63) is 17.5 Å². The first kappa shape index (κ1) is 15.0. The van der Waals surface area contributed by atoms with Gasteiger partial charge in [0.15, 0.2) is 0 Å². The molecule has 4 nitrogen and oxygen atoms in total. The maximum atomic E-state index is 4.61. The Morgan fingerprint density at radius 1 is 1.38 bits per heavy atom. The quantitative estimate of drug-likeness (QED) is 0.903. The molecule has 2 fully saturated rings. The van der Waals surface area contributed by atoms with E-state index in [4.69, 9.17) is 0 Å². The SMILES string of the molecule is CCc1cc(CN2CC(C3CC3)NCC2(C)CC)n(C)n1. The van der Waals surface area contributed by atoms with Gasteiger partial charge in [-0.15, -0.1) is 0 Å². The molecule has 1 aromatic heterocycles. The molecule has 4 heteroatoms. The number of nitrogens with one attached hydrogen (secondary N) is 1. The standard InChI is InChI=1S/C17H30N4/c1-5-14-9-15(20(4)19-14)10-21-11-16(13-7-8-13)18-12-17(21,3)6-2/h9,13,16,18H,5-8,10-12H2,1-4H3. The van der Waals surface area contributed by atoms with Crippen molar-refractivity contribution in [3.63, 3.8) is 0 Å². The first-order chi connectivity index (χ1) is 10.1. The minimum atomic E-state index is 0.266. The highest BCUT2D eigenvalue weighted by Gasteiger charge is 2.41. The maximum absolute atomic E-state index is 4.61. The van der Waals surface area contributed by atoms with E-state index in [0.29, 0.717) is 6.04 Å². The average molecular weight is 290 g/mol. The zero-order chi connectivity index (χ0) is 15.0. The second-order valence-corrected chi connectivity index (χ2v) is 7.16. The third kappa shape index (κ3) is 3.02. The van der Waals surface area contributed by atoms with E-state index in [-0.39, 0.29) is 5.54 Å². The van der Waals surface area contributed by atoms with Crippen LogP contribution in [0.2, 0.25) is 0 Å². The summed E-state index contributed by atoms with van der Waals surface area (Å²) in [5.74, 6) is 0.923. The fourth-order valence-corrected chi connectivity index (χ4v) is 3.49. The molecule has 118 valence electrons. The Kier molecular flexibility index (Phi) is 4.10. The Morgan fingerprint density at radius 2 is 2.14 bits per heavy atom. The predicted molar refractivity (Wildman–Crippen MR) is 86.2 cm³/mol.